The van der Waals surface area contributed by atoms with Crippen molar-refractivity contribution in [2.24, 2.45) is 0 Å². The van der Waals surface area contributed by atoms with Gasteiger partial charge in [-0.2, -0.15) is 0 Å². The van der Waals surface area contributed by atoms with Crippen molar-refractivity contribution in [1.29, 1.82) is 0 Å². The average Bonchev–Trinajstić information content (AvgIpc) is 3.33. The highest BCUT2D eigenvalue weighted by Gasteiger charge is 2.46. The van der Waals surface area contributed by atoms with Crippen molar-refractivity contribution in [3.05, 3.63) is 65.2 Å². The van der Waals surface area contributed by atoms with Gasteiger partial charge >= 0.3 is 6.09 Å². The van der Waals surface area contributed by atoms with E-state index in [0.717, 1.165) is 10.5 Å². The number of benzene rings is 2. The van der Waals surface area contributed by atoms with E-state index < -0.39 is 47.3 Å². The summed E-state index contributed by atoms with van der Waals surface area (Å²) in [5.74, 6) is 2.68. The van der Waals surface area contributed by atoms with Crippen LogP contribution in [0.1, 0.15) is 64.8 Å². The number of amides is 6. The maximum atomic E-state index is 13.5. The molecule has 2 aromatic rings. The number of fused-ring (bicyclic) bond motifs is 1. The standard InChI is InChI=1S/C34H35N5O8/c40-27-10-9-26(30(42)36-27)39-31(43)24-7-4-8-25(29(24)32(39)44)37-19-15-34(46,16-20-37)14-11-28(41)38-17-12-23(13-18-38)35-33(45)47-21-22-5-2-1-3-6-22/h1-8,23,26,46H,9-10,12-13,15-21H2,(H,35,45)(H,36,40,42). The summed E-state index contributed by atoms with van der Waals surface area (Å²) >= 11 is 0. The molecule has 3 N–H and O–H groups in total. The number of carbonyl (C=O) groups excluding carboxylic acids is 6. The smallest absolute Gasteiger partial charge is 0.407 e. The SMILES string of the molecule is O=C1CCC(N2C(=O)c3cccc(N4CCC(O)(C#CC(=O)N5CCC(NC(=O)OCc6ccccc6)CC5)CC4)c3C2=O)C(=O)N1. The summed E-state index contributed by atoms with van der Waals surface area (Å²) in [6.07, 6.45) is 1.10. The Morgan fingerprint density at radius 3 is 2.36 bits per heavy atom. The number of nitrogens with zero attached hydrogens (tertiary/aromatic N) is 3. The Balaban J connectivity index is 1.01. The molecule has 244 valence electrons. The van der Waals surface area contributed by atoms with Crippen molar-refractivity contribution in [2.45, 2.75) is 62.8 Å². The van der Waals surface area contributed by atoms with Crippen molar-refractivity contribution in [3.63, 3.8) is 0 Å². The van der Waals surface area contributed by atoms with E-state index in [4.69, 9.17) is 4.74 Å². The molecule has 13 heteroatoms. The van der Waals surface area contributed by atoms with Gasteiger partial charge in [-0.05, 0) is 42.9 Å². The summed E-state index contributed by atoms with van der Waals surface area (Å²) in [5, 5.41) is 16.2. The number of nitrogens with one attached hydrogen (secondary N) is 2. The predicted octanol–water partition coefficient (Wildman–Crippen LogP) is 1.34. The molecular formula is C34H35N5O8. The van der Waals surface area contributed by atoms with Crippen LogP contribution in [-0.2, 0) is 25.7 Å². The second-order valence-corrected chi connectivity index (χ2v) is 12.2. The van der Waals surface area contributed by atoms with Crippen LogP contribution in [0, 0.1) is 11.8 Å². The van der Waals surface area contributed by atoms with Crippen LogP contribution in [0.5, 0.6) is 0 Å². The highest BCUT2D eigenvalue weighted by Crippen LogP contribution is 2.36. The fraction of sp³-hybridized carbons (Fsp3) is 0.412. The first-order valence-corrected chi connectivity index (χ1v) is 15.7. The highest BCUT2D eigenvalue weighted by atomic mass is 16.5. The van der Waals surface area contributed by atoms with E-state index >= 15 is 0 Å². The van der Waals surface area contributed by atoms with Crippen LogP contribution in [0.25, 0.3) is 0 Å². The topological polar surface area (TPSA) is 166 Å². The number of hydrogen-bond acceptors (Lipinski definition) is 9. The summed E-state index contributed by atoms with van der Waals surface area (Å²) in [4.78, 5) is 80.2. The van der Waals surface area contributed by atoms with E-state index in [2.05, 4.69) is 22.5 Å². The Morgan fingerprint density at radius 2 is 1.66 bits per heavy atom. The lowest BCUT2D eigenvalue weighted by molar-refractivity contribution is -0.136. The monoisotopic (exact) mass is 641 g/mol. The Labute approximate surface area is 271 Å². The van der Waals surface area contributed by atoms with E-state index in [0.29, 0.717) is 44.7 Å². The Hall–Kier alpha value is -5.22. The van der Waals surface area contributed by atoms with Crippen LogP contribution in [0.4, 0.5) is 10.5 Å². The number of rotatable bonds is 5. The third-order valence-electron chi connectivity index (χ3n) is 9.10. The molecule has 2 aromatic carbocycles. The number of anilines is 1. The minimum absolute atomic E-state index is 0.0341. The quantitative estimate of drug-likeness (QED) is 0.323. The molecule has 6 amide bonds. The summed E-state index contributed by atoms with van der Waals surface area (Å²) in [6.45, 7) is 1.62. The molecule has 3 fully saturated rings. The van der Waals surface area contributed by atoms with E-state index in [1.165, 1.54) is 0 Å². The van der Waals surface area contributed by atoms with Gasteiger partial charge in [-0.3, -0.25) is 34.2 Å². The van der Waals surface area contributed by atoms with E-state index in [-0.39, 0.29) is 49.5 Å². The molecular weight excluding hydrogens is 606 g/mol. The number of ether oxygens (including phenoxy) is 1. The van der Waals surface area contributed by atoms with Crippen LogP contribution in [-0.4, -0.2) is 94.4 Å². The fourth-order valence-corrected chi connectivity index (χ4v) is 6.41. The Kier molecular flexibility index (Phi) is 8.95. The van der Waals surface area contributed by atoms with Crippen LogP contribution in [0.15, 0.2) is 48.5 Å². The minimum atomic E-state index is -1.41. The highest BCUT2D eigenvalue weighted by molar-refractivity contribution is 6.25. The van der Waals surface area contributed by atoms with Gasteiger partial charge in [0.1, 0.15) is 18.2 Å². The van der Waals surface area contributed by atoms with Crippen molar-refractivity contribution in [3.8, 4) is 11.8 Å². The van der Waals surface area contributed by atoms with Gasteiger partial charge in [0.25, 0.3) is 17.7 Å². The zero-order valence-corrected chi connectivity index (χ0v) is 25.7. The molecule has 0 aromatic heterocycles. The molecule has 4 aliphatic rings. The zero-order chi connectivity index (χ0) is 33.1. The molecule has 3 saturated heterocycles. The van der Waals surface area contributed by atoms with Gasteiger partial charge in [0.05, 0.1) is 16.8 Å². The second-order valence-electron chi connectivity index (χ2n) is 12.2. The van der Waals surface area contributed by atoms with E-state index in [1.807, 2.05) is 35.2 Å². The maximum absolute atomic E-state index is 13.5. The Bertz CT molecular complexity index is 1670. The van der Waals surface area contributed by atoms with Gasteiger partial charge in [0.15, 0.2) is 0 Å². The minimum Gasteiger partial charge on any atom is -0.445 e. The first-order valence-electron chi connectivity index (χ1n) is 15.7. The molecule has 1 atom stereocenters. The average molecular weight is 642 g/mol. The summed E-state index contributed by atoms with van der Waals surface area (Å²) < 4.78 is 5.28. The fourth-order valence-electron chi connectivity index (χ4n) is 6.41. The normalized spacial score (nSPS) is 21.0. The third-order valence-corrected chi connectivity index (χ3v) is 9.10. The number of imide groups is 2. The van der Waals surface area contributed by atoms with Crippen LogP contribution in [0.2, 0.25) is 0 Å². The summed E-state index contributed by atoms with van der Waals surface area (Å²) in [5.41, 5.74) is 0.373. The second kappa shape index (κ2) is 13.3. The van der Waals surface area contributed by atoms with Gasteiger partial charge < -0.3 is 25.0 Å². The first-order chi connectivity index (χ1) is 22.6. The number of carbonyl (C=O) groups is 6. The number of piperidine rings is 3. The van der Waals surface area contributed by atoms with Gasteiger partial charge in [0.2, 0.25) is 11.8 Å². The van der Waals surface area contributed by atoms with Crippen molar-refractivity contribution < 1.29 is 38.6 Å². The van der Waals surface area contributed by atoms with Crippen molar-refractivity contribution >= 4 is 41.3 Å². The summed E-state index contributed by atoms with van der Waals surface area (Å²) in [6, 6.07) is 13.1. The maximum Gasteiger partial charge on any atom is 0.407 e. The lowest BCUT2D eigenvalue weighted by Crippen LogP contribution is -2.54. The van der Waals surface area contributed by atoms with Crippen LogP contribution in [0.3, 0.4) is 0 Å². The zero-order valence-electron chi connectivity index (χ0n) is 25.7. The van der Waals surface area contributed by atoms with Gasteiger partial charge in [-0.25, -0.2) is 4.79 Å². The molecule has 0 bridgehead atoms. The summed E-state index contributed by atoms with van der Waals surface area (Å²) in [7, 11) is 0. The molecule has 47 heavy (non-hydrogen) atoms. The van der Waals surface area contributed by atoms with Crippen molar-refractivity contribution in [2.75, 3.05) is 31.1 Å². The molecule has 6 rings (SSSR count). The van der Waals surface area contributed by atoms with Gasteiger partial charge in [0, 0.05) is 51.5 Å². The number of alkyl carbamates (subject to hydrolysis) is 1. The number of likely N-dealkylation sites (tertiary alicyclic amines) is 1. The van der Waals surface area contributed by atoms with E-state index in [9.17, 15) is 33.9 Å². The molecule has 4 heterocycles. The predicted molar refractivity (Wildman–Crippen MR) is 167 cm³/mol. The molecule has 4 aliphatic heterocycles. The molecule has 0 spiro atoms. The molecule has 0 saturated carbocycles. The van der Waals surface area contributed by atoms with Crippen LogP contribution >= 0.6 is 0 Å². The Morgan fingerprint density at radius 1 is 0.936 bits per heavy atom. The lowest BCUT2D eigenvalue weighted by Gasteiger charge is -2.37. The number of hydrogen-bond donors (Lipinski definition) is 3. The number of aliphatic hydroxyl groups is 1. The lowest BCUT2D eigenvalue weighted by atomic mass is 9.91. The molecule has 0 radical (unpaired) electrons. The third kappa shape index (κ3) is 6.83. The molecule has 13 nitrogen and oxygen atoms in total. The largest absolute Gasteiger partial charge is 0.445 e. The van der Waals surface area contributed by atoms with Gasteiger partial charge in [-0.1, -0.05) is 42.3 Å². The molecule has 0 aliphatic carbocycles. The first kappa shape index (κ1) is 31.7. The molecule has 1 unspecified atom stereocenters. The van der Waals surface area contributed by atoms with E-state index in [1.54, 1.807) is 23.1 Å². The van der Waals surface area contributed by atoms with Crippen LogP contribution < -0.4 is 15.5 Å². The van der Waals surface area contributed by atoms with Gasteiger partial charge in [-0.15, -0.1) is 0 Å². The van der Waals surface area contributed by atoms with Crippen molar-refractivity contribution in [1.82, 2.24) is 20.4 Å².